The molecular weight excluding hydrogens is 954 g/mol. The van der Waals surface area contributed by atoms with Crippen LogP contribution in [0.2, 0.25) is 0 Å². The molecule has 9 nitrogen and oxygen atoms in total. The molecule has 0 aliphatic heterocycles. The van der Waals surface area contributed by atoms with Gasteiger partial charge in [-0.15, -0.1) is 0 Å². The minimum absolute atomic E-state index is 0.0360. The lowest BCUT2D eigenvalue weighted by Gasteiger charge is -2.24. The Kier molecular flexibility index (Phi) is 56.0. The smallest absolute Gasteiger partial charge is 0.462 e. The topological polar surface area (TPSA) is 108 Å². The summed E-state index contributed by atoms with van der Waals surface area (Å²) in [7, 11) is 1.50. The van der Waals surface area contributed by atoms with Gasteiger partial charge in [-0.25, -0.2) is 4.57 Å². The molecule has 75 heavy (non-hydrogen) atoms. The van der Waals surface area contributed by atoms with E-state index in [2.05, 4.69) is 38.2 Å². The van der Waals surface area contributed by atoms with Gasteiger partial charge < -0.3 is 18.9 Å². The van der Waals surface area contributed by atoms with Crippen molar-refractivity contribution in [1.82, 2.24) is 0 Å². The van der Waals surface area contributed by atoms with E-state index < -0.39 is 26.5 Å². The van der Waals surface area contributed by atoms with Gasteiger partial charge in [-0.05, 0) is 44.9 Å². The van der Waals surface area contributed by atoms with Gasteiger partial charge in [0, 0.05) is 12.8 Å². The molecule has 0 aliphatic carbocycles. The molecule has 0 radical (unpaired) electrons. The molecule has 0 aromatic carbocycles. The summed E-state index contributed by atoms with van der Waals surface area (Å²) in [5.41, 5.74) is 0. The molecule has 0 aliphatic rings. The van der Waals surface area contributed by atoms with E-state index in [1.165, 1.54) is 257 Å². The van der Waals surface area contributed by atoms with Gasteiger partial charge in [0.15, 0.2) is 6.10 Å². The Balaban J connectivity index is 3.89. The lowest BCUT2D eigenvalue weighted by Crippen LogP contribution is -2.37. The van der Waals surface area contributed by atoms with Crippen LogP contribution in [0.15, 0.2) is 24.3 Å². The number of hydrogen-bond donors (Lipinski definition) is 1. The molecular formula is C65H127NO8P+. The van der Waals surface area contributed by atoms with Crippen LogP contribution >= 0.6 is 7.82 Å². The molecule has 0 saturated heterocycles. The first-order valence-corrected chi connectivity index (χ1v) is 34.1. The van der Waals surface area contributed by atoms with Gasteiger partial charge in [0.25, 0.3) is 0 Å². The molecule has 0 heterocycles. The lowest BCUT2D eigenvalue weighted by atomic mass is 10.0. The maximum absolute atomic E-state index is 12.8. The quantitative estimate of drug-likeness (QED) is 0.0211. The van der Waals surface area contributed by atoms with Gasteiger partial charge >= 0.3 is 19.8 Å². The predicted octanol–water partition coefficient (Wildman–Crippen LogP) is 20.5. The van der Waals surface area contributed by atoms with E-state index in [1.54, 1.807) is 0 Å². The number of esters is 2. The van der Waals surface area contributed by atoms with Crippen LogP contribution in [0.4, 0.5) is 0 Å². The van der Waals surface area contributed by atoms with Crippen molar-refractivity contribution in [1.29, 1.82) is 0 Å². The number of likely N-dealkylation sites (N-methyl/N-ethyl adjacent to an activating group) is 1. The molecule has 0 aromatic rings. The molecule has 2 atom stereocenters. The van der Waals surface area contributed by atoms with Crippen LogP contribution in [-0.4, -0.2) is 74.9 Å². The summed E-state index contributed by atoms with van der Waals surface area (Å²) in [5, 5.41) is 0. The fourth-order valence-corrected chi connectivity index (χ4v) is 10.4. The van der Waals surface area contributed by atoms with E-state index in [4.69, 9.17) is 18.5 Å². The van der Waals surface area contributed by atoms with Gasteiger partial charge in [-0.2, -0.15) is 0 Å². The molecule has 1 N–H and O–H groups in total. The van der Waals surface area contributed by atoms with Crippen LogP contribution in [0.3, 0.4) is 0 Å². The lowest BCUT2D eigenvalue weighted by molar-refractivity contribution is -0.870. The molecule has 0 aromatic heterocycles. The zero-order valence-electron chi connectivity index (χ0n) is 50.6. The molecule has 0 saturated carbocycles. The highest BCUT2D eigenvalue weighted by Crippen LogP contribution is 2.43. The average molecular weight is 1080 g/mol. The van der Waals surface area contributed by atoms with Gasteiger partial charge in [-0.3, -0.25) is 18.6 Å². The standard InChI is InChI=1S/C65H126NO8P/c1-6-8-10-12-14-16-18-20-22-23-24-25-26-27-28-29-30-31-32-33-34-35-36-37-38-39-40-41-42-43-44-46-48-50-52-54-56-58-65(68)74-63(62-73-75(69,70)72-60-59-66(3,4)5)61-71-64(67)57-55-53-51-49-47-45-21-19-17-15-13-11-9-7-2/h18,20,23-24,63H,6-17,19,21-22,25-62H2,1-5H3/p+1/b20-18-,24-23-. The zero-order chi connectivity index (χ0) is 54.9. The van der Waals surface area contributed by atoms with Crippen LogP contribution in [0.25, 0.3) is 0 Å². The predicted molar refractivity (Wildman–Crippen MR) is 321 cm³/mol. The second kappa shape index (κ2) is 57.2. The first-order valence-electron chi connectivity index (χ1n) is 32.6. The summed E-state index contributed by atoms with van der Waals surface area (Å²) in [6.45, 7) is 4.48. The maximum Gasteiger partial charge on any atom is 0.472 e. The number of quaternary nitrogens is 1. The monoisotopic (exact) mass is 1080 g/mol. The average Bonchev–Trinajstić information content (AvgIpc) is 3.37. The first-order chi connectivity index (χ1) is 36.5. The van der Waals surface area contributed by atoms with Gasteiger partial charge in [0.05, 0.1) is 27.7 Å². The van der Waals surface area contributed by atoms with Crippen molar-refractivity contribution in [3.8, 4) is 0 Å². The van der Waals surface area contributed by atoms with Crippen molar-refractivity contribution >= 4 is 19.8 Å². The highest BCUT2D eigenvalue weighted by atomic mass is 31.2. The molecule has 444 valence electrons. The van der Waals surface area contributed by atoms with Crippen LogP contribution in [-0.2, 0) is 32.7 Å². The molecule has 0 spiro atoms. The SMILES string of the molecule is CCCCCCC/C=C\C/C=C\CCCCCCCCCCCCCCCCCCCCCCCCCCCC(=O)OC(COC(=O)CCCCCCCCCCCCCCCC)COP(=O)(O)OCC[N+](C)(C)C. The Morgan fingerprint density at radius 1 is 0.413 bits per heavy atom. The Labute approximate surface area is 466 Å². The van der Waals surface area contributed by atoms with Crippen LogP contribution in [0, 0.1) is 0 Å². The third-order valence-corrected chi connectivity index (χ3v) is 15.7. The van der Waals surface area contributed by atoms with Gasteiger partial charge in [0.1, 0.15) is 19.8 Å². The Bertz CT molecular complexity index is 1320. The number of rotatable bonds is 61. The van der Waals surface area contributed by atoms with Gasteiger partial charge in [0.2, 0.25) is 0 Å². The van der Waals surface area contributed by atoms with E-state index in [0.717, 1.165) is 44.9 Å². The van der Waals surface area contributed by atoms with E-state index in [0.29, 0.717) is 17.4 Å². The molecule has 10 heteroatoms. The highest BCUT2D eigenvalue weighted by Gasteiger charge is 2.27. The molecule has 0 fully saturated rings. The van der Waals surface area contributed by atoms with Gasteiger partial charge in [-0.1, -0.05) is 295 Å². The number of carbonyl (C=O) groups is 2. The van der Waals surface area contributed by atoms with Crippen molar-refractivity contribution in [3.05, 3.63) is 24.3 Å². The van der Waals surface area contributed by atoms with Crippen molar-refractivity contribution in [3.63, 3.8) is 0 Å². The van der Waals surface area contributed by atoms with E-state index in [1.807, 2.05) is 21.1 Å². The van der Waals surface area contributed by atoms with Crippen molar-refractivity contribution in [2.75, 3.05) is 47.5 Å². The zero-order valence-corrected chi connectivity index (χ0v) is 51.5. The highest BCUT2D eigenvalue weighted by molar-refractivity contribution is 7.47. The summed E-state index contributed by atoms with van der Waals surface area (Å²) in [6, 6.07) is 0. The Morgan fingerprint density at radius 2 is 0.720 bits per heavy atom. The van der Waals surface area contributed by atoms with Crippen molar-refractivity contribution in [2.45, 2.75) is 335 Å². The van der Waals surface area contributed by atoms with Crippen LogP contribution in [0.1, 0.15) is 328 Å². The summed E-state index contributed by atoms with van der Waals surface area (Å²) in [4.78, 5) is 35.7. The maximum atomic E-state index is 12.8. The molecule has 2 unspecified atom stereocenters. The summed E-state index contributed by atoms with van der Waals surface area (Å²) in [5.74, 6) is -0.777. The number of hydrogen-bond acceptors (Lipinski definition) is 7. The largest absolute Gasteiger partial charge is 0.472 e. The van der Waals surface area contributed by atoms with E-state index in [9.17, 15) is 19.0 Å². The minimum atomic E-state index is -4.38. The first kappa shape index (κ1) is 73.5. The number of carbonyl (C=O) groups excluding carboxylic acids is 2. The molecule has 0 bridgehead atoms. The fraction of sp³-hybridized carbons (Fsp3) is 0.908. The minimum Gasteiger partial charge on any atom is -0.462 e. The molecule has 0 amide bonds. The second-order valence-electron chi connectivity index (χ2n) is 23.5. The summed E-state index contributed by atoms with van der Waals surface area (Å²) in [6.07, 6.45) is 70.0. The Hall–Kier alpha value is -1.51. The normalized spacial score (nSPS) is 13.3. The summed E-state index contributed by atoms with van der Waals surface area (Å²) >= 11 is 0. The third-order valence-electron chi connectivity index (χ3n) is 14.7. The van der Waals surface area contributed by atoms with E-state index >= 15 is 0 Å². The van der Waals surface area contributed by atoms with Crippen molar-refractivity contribution < 1.29 is 42.1 Å². The Morgan fingerprint density at radius 3 is 1.05 bits per heavy atom. The number of nitrogens with zero attached hydrogens (tertiary/aromatic N) is 1. The second-order valence-corrected chi connectivity index (χ2v) is 25.0. The van der Waals surface area contributed by atoms with Crippen molar-refractivity contribution in [2.24, 2.45) is 0 Å². The third kappa shape index (κ3) is 61.6. The number of unbranched alkanes of at least 4 members (excludes halogenated alkanes) is 43. The number of phosphoric ester groups is 1. The number of allylic oxidation sites excluding steroid dienone is 4. The fourth-order valence-electron chi connectivity index (χ4n) is 9.70. The number of ether oxygens (including phenoxy) is 2. The molecule has 0 rings (SSSR count). The van der Waals surface area contributed by atoms with Crippen LogP contribution in [0.5, 0.6) is 0 Å². The summed E-state index contributed by atoms with van der Waals surface area (Å²) < 4.78 is 34.6. The van der Waals surface area contributed by atoms with E-state index in [-0.39, 0.29) is 25.6 Å². The van der Waals surface area contributed by atoms with Crippen LogP contribution < -0.4 is 0 Å². The number of phosphoric acid groups is 1.